The first-order valence-electron chi connectivity index (χ1n) is 12.3. The monoisotopic (exact) mass is 570 g/mol. The fourth-order valence-corrected chi connectivity index (χ4v) is 8.04. The Bertz CT molecular complexity index is 1380. The second kappa shape index (κ2) is 9.47. The van der Waals surface area contributed by atoms with E-state index in [0.29, 0.717) is 13.0 Å². The summed E-state index contributed by atoms with van der Waals surface area (Å²) in [7, 11) is -3.72. The molecule has 8 heteroatoms. The zero-order valence-electron chi connectivity index (χ0n) is 20.6. The van der Waals surface area contributed by atoms with Crippen LogP contribution in [-0.4, -0.2) is 48.4 Å². The highest BCUT2D eigenvalue weighted by molar-refractivity contribution is 9.10. The van der Waals surface area contributed by atoms with E-state index in [1.807, 2.05) is 32.9 Å². The minimum Gasteiger partial charge on any atom is -0.444 e. The topological polar surface area (TPSA) is 75.7 Å². The third kappa shape index (κ3) is 4.78. The number of rotatable bonds is 5. The lowest BCUT2D eigenvalue weighted by Crippen LogP contribution is -2.50. The van der Waals surface area contributed by atoms with E-state index in [2.05, 4.69) is 51.6 Å². The first kappa shape index (κ1) is 25.2. The standard InChI is InChI=1S/C28H31BrN2O4S/c1-28(2,3)35-27(32)31-23-14-15-24(31)26(36(33,34)22-12-10-21(29)11-13-22)25(23)30-17-18-8-9-19-6-4-5-7-20(19)16-18/h4-13,16,23-26,30H,14-15,17H2,1-3H3/t23-,24+,25-,26-/m0/s1. The predicted octanol–water partition coefficient (Wildman–Crippen LogP) is 5.68. The van der Waals surface area contributed by atoms with E-state index < -0.39 is 38.9 Å². The Morgan fingerprint density at radius 1 is 1.00 bits per heavy atom. The number of nitrogens with zero attached hydrogens (tertiary/aromatic N) is 1. The quantitative estimate of drug-likeness (QED) is 0.426. The van der Waals surface area contributed by atoms with E-state index in [1.54, 1.807) is 29.2 Å². The van der Waals surface area contributed by atoms with Crippen LogP contribution in [0, 0.1) is 0 Å². The Morgan fingerprint density at radius 2 is 1.67 bits per heavy atom. The number of hydrogen-bond acceptors (Lipinski definition) is 5. The largest absolute Gasteiger partial charge is 0.444 e. The van der Waals surface area contributed by atoms with Crippen molar-refractivity contribution in [2.45, 2.75) is 74.0 Å². The minimum atomic E-state index is -3.72. The van der Waals surface area contributed by atoms with Crippen molar-refractivity contribution in [2.75, 3.05) is 0 Å². The second-order valence-corrected chi connectivity index (χ2v) is 13.7. The van der Waals surface area contributed by atoms with E-state index in [9.17, 15) is 13.2 Å². The molecule has 0 saturated carbocycles. The summed E-state index contributed by atoms with van der Waals surface area (Å²) in [6, 6.07) is 20.1. The summed E-state index contributed by atoms with van der Waals surface area (Å²) in [5, 5.41) is 5.08. The molecule has 2 saturated heterocycles. The zero-order valence-corrected chi connectivity index (χ0v) is 23.1. The van der Waals surface area contributed by atoms with Crippen molar-refractivity contribution in [1.29, 1.82) is 0 Å². The Hall–Kier alpha value is -2.42. The number of nitrogens with one attached hydrogen (secondary N) is 1. The van der Waals surface area contributed by atoms with Gasteiger partial charge in [0.15, 0.2) is 9.84 Å². The van der Waals surface area contributed by atoms with Gasteiger partial charge in [-0.15, -0.1) is 0 Å². The first-order chi connectivity index (χ1) is 17.0. The molecule has 0 aromatic heterocycles. The number of sulfone groups is 1. The Morgan fingerprint density at radius 3 is 2.36 bits per heavy atom. The molecule has 2 aliphatic heterocycles. The number of amides is 1. The van der Waals surface area contributed by atoms with Gasteiger partial charge in [-0.05, 0) is 80.3 Å². The summed E-state index contributed by atoms with van der Waals surface area (Å²) < 4.78 is 34.4. The number of hydrogen-bond donors (Lipinski definition) is 1. The normalized spacial score (nSPS) is 23.8. The fraction of sp³-hybridized carbons (Fsp3) is 0.393. The maximum absolute atomic E-state index is 14.0. The lowest BCUT2D eigenvalue weighted by molar-refractivity contribution is 0.0210. The molecule has 3 aromatic carbocycles. The lowest BCUT2D eigenvalue weighted by Gasteiger charge is -2.29. The average molecular weight is 572 g/mol. The molecule has 2 aliphatic rings. The molecule has 4 atom stereocenters. The molecule has 5 rings (SSSR count). The highest BCUT2D eigenvalue weighted by atomic mass is 79.9. The Labute approximate surface area is 221 Å². The zero-order chi connectivity index (χ0) is 25.7. The van der Waals surface area contributed by atoms with E-state index in [4.69, 9.17) is 4.74 Å². The molecule has 2 heterocycles. The molecule has 1 amide bonds. The Kier molecular flexibility index (Phi) is 6.64. The predicted molar refractivity (Wildman–Crippen MR) is 145 cm³/mol. The van der Waals surface area contributed by atoms with Gasteiger partial charge in [-0.25, -0.2) is 13.2 Å². The van der Waals surface area contributed by atoms with Gasteiger partial charge in [0, 0.05) is 17.1 Å². The molecule has 3 aromatic rings. The van der Waals surface area contributed by atoms with Crippen LogP contribution in [0.2, 0.25) is 0 Å². The summed E-state index contributed by atoms with van der Waals surface area (Å²) in [5.41, 5.74) is 0.410. The van der Waals surface area contributed by atoms with Crippen LogP contribution in [0.3, 0.4) is 0 Å². The van der Waals surface area contributed by atoms with Crippen molar-refractivity contribution in [3.05, 3.63) is 76.8 Å². The molecule has 0 radical (unpaired) electrons. The van der Waals surface area contributed by atoms with Gasteiger partial charge in [0.25, 0.3) is 0 Å². The van der Waals surface area contributed by atoms with Crippen LogP contribution in [0.5, 0.6) is 0 Å². The number of halogens is 1. The fourth-order valence-electron chi connectivity index (χ4n) is 5.60. The molecular formula is C28H31BrN2O4S. The molecule has 0 unspecified atom stereocenters. The molecule has 6 nitrogen and oxygen atoms in total. The highest BCUT2D eigenvalue weighted by Gasteiger charge is 2.60. The van der Waals surface area contributed by atoms with E-state index in [0.717, 1.165) is 27.2 Å². The van der Waals surface area contributed by atoms with Crippen LogP contribution in [-0.2, 0) is 21.1 Å². The number of benzene rings is 3. The maximum atomic E-state index is 14.0. The van der Waals surface area contributed by atoms with Crippen molar-refractivity contribution >= 4 is 42.6 Å². The molecule has 2 bridgehead atoms. The average Bonchev–Trinajstić information content (AvgIpc) is 3.38. The summed E-state index contributed by atoms with van der Waals surface area (Å²) in [4.78, 5) is 15.2. The van der Waals surface area contributed by atoms with Gasteiger partial charge in [-0.1, -0.05) is 52.3 Å². The number of carbonyl (C=O) groups is 1. The van der Waals surface area contributed by atoms with Gasteiger partial charge < -0.3 is 10.1 Å². The molecule has 190 valence electrons. The van der Waals surface area contributed by atoms with Crippen LogP contribution in [0.15, 0.2) is 76.1 Å². The van der Waals surface area contributed by atoms with Crippen LogP contribution in [0.25, 0.3) is 10.8 Å². The molecular weight excluding hydrogens is 540 g/mol. The number of ether oxygens (including phenoxy) is 1. The summed E-state index contributed by atoms with van der Waals surface area (Å²) in [6.45, 7) is 5.99. The van der Waals surface area contributed by atoms with Gasteiger partial charge in [0.1, 0.15) is 10.9 Å². The summed E-state index contributed by atoms with van der Waals surface area (Å²) in [6.07, 6.45) is 0.936. The third-order valence-electron chi connectivity index (χ3n) is 7.08. The van der Waals surface area contributed by atoms with E-state index in [-0.39, 0.29) is 10.9 Å². The van der Waals surface area contributed by atoms with Crippen molar-refractivity contribution in [3.63, 3.8) is 0 Å². The summed E-state index contributed by atoms with van der Waals surface area (Å²) >= 11 is 3.39. The molecule has 36 heavy (non-hydrogen) atoms. The van der Waals surface area contributed by atoms with Gasteiger partial charge in [0.05, 0.1) is 17.0 Å². The van der Waals surface area contributed by atoms with Crippen LogP contribution in [0.4, 0.5) is 4.79 Å². The minimum absolute atomic E-state index is 0.250. The SMILES string of the molecule is CC(C)(C)OC(=O)N1[C@@H]2CC[C@H]1[C@H](NCc1ccc3ccccc3c1)[C@H]2S(=O)(=O)c1ccc(Br)cc1. The smallest absolute Gasteiger partial charge is 0.410 e. The van der Waals surface area contributed by atoms with Crippen molar-refractivity contribution in [3.8, 4) is 0 Å². The second-order valence-electron chi connectivity index (χ2n) is 10.7. The lowest BCUT2D eigenvalue weighted by atomic mass is 9.94. The van der Waals surface area contributed by atoms with Gasteiger partial charge in [-0.2, -0.15) is 0 Å². The highest BCUT2D eigenvalue weighted by Crippen LogP contribution is 2.44. The van der Waals surface area contributed by atoms with E-state index >= 15 is 0 Å². The van der Waals surface area contributed by atoms with Gasteiger partial charge in [0.2, 0.25) is 0 Å². The van der Waals surface area contributed by atoms with Crippen molar-refractivity contribution < 1.29 is 17.9 Å². The molecule has 0 aliphatic carbocycles. The Balaban J connectivity index is 1.47. The van der Waals surface area contributed by atoms with E-state index in [1.165, 1.54) is 0 Å². The summed E-state index contributed by atoms with van der Waals surface area (Å²) in [5.74, 6) is 0. The van der Waals surface area contributed by atoms with Crippen molar-refractivity contribution in [1.82, 2.24) is 10.2 Å². The number of carbonyl (C=O) groups excluding carboxylic acids is 1. The first-order valence-corrected chi connectivity index (χ1v) is 14.6. The van der Waals surface area contributed by atoms with Crippen LogP contribution in [0.1, 0.15) is 39.2 Å². The number of fused-ring (bicyclic) bond motifs is 3. The maximum Gasteiger partial charge on any atom is 0.410 e. The van der Waals surface area contributed by atoms with Gasteiger partial charge in [-0.3, -0.25) is 4.90 Å². The van der Waals surface area contributed by atoms with Crippen LogP contribution < -0.4 is 5.32 Å². The van der Waals surface area contributed by atoms with Crippen molar-refractivity contribution in [2.24, 2.45) is 0 Å². The van der Waals surface area contributed by atoms with Gasteiger partial charge >= 0.3 is 6.09 Å². The molecule has 1 N–H and O–H groups in total. The van der Waals surface area contributed by atoms with Crippen LogP contribution >= 0.6 is 15.9 Å². The molecule has 2 fully saturated rings. The third-order valence-corrected chi connectivity index (χ3v) is 9.86. The molecule has 0 spiro atoms.